The lowest BCUT2D eigenvalue weighted by molar-refractivity contribution is -0.136. The molecule has 0 aliphatic heterocycles. The Morgan fingerprint density at radius 3 is 3.05 bits per heavy atom. The van der Waals surface area contributed by atoms with Crippen LogP contribution in [0, 0.1) is 0 Å². The Labute approximate surface area is 111 Å². The van der Waals surface area contributed by atoms with E-state index in [1.54, 1.807) is 22.7 Å². The Morgan fingerprint density at radius 2 is 2.37 bits per heavy atom. The molecular formula is C10H7ClN6O2. The number of carboxylic acids is 1. The quantitative estimate of drug-likeness (QED) is 0.733. The highest BCUT2D eigenvalue weighted by molar-refractivity contribution is 6.30. The smallest absolute Gasteiger partial charge is 0.309 e. The van der Waals surface area contributed by atoms with Crippen LogP contribution >= 0.6 is 11.6 Å². The van der Waals surface area contributed by atoms with Gasteiger partial charge in [-0.05, 0) is 16.5 Å². The monoisotopic (exact) mass is 278 g/mol. The van der Waals surface area contributed by atoms with Crippen molar-refractivity contribution in [3.05, 3.63) is 29.0 Å². The summed E-state index contributed by atoms with van der Waals surface area (Å²) in [7, 11) is 0. The zero-order chi connectivity index (χ0) is 13.4. The van der Waals surface area contributed by atoms with E-state index in [0.29, 0.717) is 27.9 Å². The van der Waals surface area contributed by atoms with Crippen LogP contribution in [-0.2, 0) is 11.2 Å². The number of fused-ring (bicyclic) bond motifs is 1. The summed E-state index contributed by atoms with van der Waals surface area (Å²) in [6.45, 7) is 0. The molecule has 96 valence electrons. The minimum absolute atomic E-state index is 0.196. The van der Waals surface area contributed by atoms with E-state index < -0.39 is 5.97 Å². The van der Waals surface area contributed by atoms with Gasteiger partial charge in [0.1, 0.15) is 11.3 Å². The Hall–Kier alpha value is -2.48. The van der Waals surface area contributed by atoms with Crippen molar-refractivity contribution >= 4 is 23.2 Å². The van der Waals surface area contributed by atoms with Crippen LogP contribution in [0.15, 0.2) is 18.3 Å². The molecule has 2 N–H and O–H groups in total. The first-order valence-corrected chi connectivity index (χ1v) is 5.65. The van der Waals surface area contributed by atoms with Gasteiger partial charge in [-0.25, -0.2) is 10.1 Å². The van der Waals surface area contributed by atoms with Crippen LogP contribution in [0.3, 0.4) is 0 Å². The number of tetrazole rings is 1. The summed E-state index contributed by atoms with van der Waals surface area (Å²) in [5.41, 5.74) is 1.42. The zero-order valence-electron chi connectivity index (χ0n) is 9.41. The molecule has 0 spiro atoms. The van der Waals surface area contributed by atoms with E-state index in [1.165, 1.54) is 0 Å². The molecule has 0 aromatic carbocycles. The number of aromatic amines is 1. The second-order valence-electron chi connectivity index (χ2n) is 3.80. The summed E-state index contributed by atoms with van der Waals surface area (Å²) in [6.07, 6.45) is 1.47. The minimum Gasteiger partial charge on any atom is -0.481 e. The van der Waals surface area contributed by atoms with Gasteiger partial charge in [-0.2, -0.15) is 0 Å². The highest BCUT2D eigenvalue weighted by atomic mass is 35.5. The lowest BCUT2D eigenvalue weighted by Crippen LogP contribution is -2.05. The van der Waals surface area contributed by atoms with E-state index in [1.807, 2.05) is 0 Å². The fourth-order valence-electron chi connectivity index (χ4n) is 1.83. The van der Waals surface area contributed by atoms with Gasteiger partial charge >= 0.3 is 5.97 Å². The van der Waals surface area contributed by atoms with E-state index >= 15 is 0 Å². The molecule has 0 fully saturated rings. The minimum atomic E-state index is -0.967. The number of H-pyrrole nitrogens is 1. The molecular weight excluding hydrogens is 272 g/mol. The molecule has 19 heavy (non-hydrogen) atoms. The Kier molecular flexibility index (Phi) is 2.64. The first-order chi connectivity index (χ1) is 9.15. The molecule has 0 radical (unpaired) electrons. The summed E-state index contributed by atoms with van der Waals surface area (Å²) in [6, 6.07) is 3.30. The van der Waals surface area contributed by atoms with Crippen LogP contribution in [0.1, 0.15) is 5.69 Å². The van der Waals surface area contributed by atoms with Crippen molar-refractivity contribution in [1.29, 1.82) is 0 Å². The van der Waals surface area contributed by atoms with Crippen molar-refractivity contribution in [2.75, 3.05) is 0 Å². The van der Waals surface area contributed by atoms with Crippen LogP contribution in [0.5, 0.6) is 0 Å². The van der Waals surface area contributed by atoms with Gasteiger partial charge in [-0.1, -0.05) is 11.6 Å². The SMILES string of the molecule is O=C(O)Cc1c(-c2nnn[nH]2)nc2cc(Cl)ccn12. The number of carboxylic acid groups (broad SMARTS) is 1. The fourth-order valence-corrected chi connectivity index (χ4v) is 1.99. The second kappa shape index (κ2) is 4.32. The van der Waals surface area contributed by atoms with Crippen molar-refractivity contribution in [3.8, 4) is 11.5 Å². The van der Waals surface area contributed by atoms with Crippen molar-refractivity contribution in [2.45, 2.75) is 6.42 Å². The number of halogens is 1. The maximum Gasteiger partial charge on any atom is 0.309 e. The predicted octanol–water partition coefficient (Wildman–Crippen LogP) is 0.795. The number of nitrogens with one attached hydrogen (secondary N) is 1. The lowest BCUT2D eigenvalue weighted by Gasteiger charge is -2.00. The van der Waals surface area contributed by atoms with E-state index in [2.05, 4.69) is 25.6 Å². The fraction of sp³-hybridized carbons (Fsp3) is 0.100. The molecule has 0 saturated carbocycles. The number of rotatable bonds is 3. The molecule has 0 amide bonds. The molecule has 0 aliphatic rings. The Morgan fingerprint density at radius 1 is 1.53 bits per heavy atom. The molecule has 0 saturated heterocycles. The van der Waals surface area contributed by atoms with Crippen LogP contribution in [0.2, 0.25) is 5.02 Å². The van der Waals surface area contributed by atoms with Crippen molar-refractivity contribution in [3.63, 3.8) is 0 Å². The predicted molar refractivity (Wildman–Crippen MR) is 64.7 cm³/mol. The molecule has 3 rings (SSSR count). The number of carbonyl (C=O) groups is 1. The van der Waals surface area contributed by atoms with Gasteiger partial charge in [-0.3, -0.25) is 4.79 Å². The van der Waals surface area contributed by atoms with Crippen molar-refractivity contribution in [2.24, 2.45) is 0 Å². The van der Waals surface area contributed by atoms with Gasteiger partial charge in [0.25, 0.3) is 0 Å². The van der Waals surface area contributed by atoms with E-state index in [-0.39, 0.29) is 6.42 Å². The molecule has 9 heteroatoms. The molecule has 0 atom stereocenters. The largest absolute Gasteiger partial charge is 0.481 e. The van der Waals surface area contributed by atoms with E-state index in [4.69, 9.17) is 16.7 Å². The van der Waals surface area contributed by atoms with Crippen LogP contribution in [0.25, 0.3) is 17.2 Å². The summed E-state index contributed by atoms with van der Waals surface area (Å²) >= 11 is 5.89. The summed E-state index contributed by atoms with van der Waals surface area (Å²) in [5, 5.41) is 22.8. The van der Waals surface area contributed by atoms with Gasteiger partial charge in [0, 0.05) is 17.3 Å². The molecule has 3 aromatic heterocycles. The third-order valence-electron chi connectivity index (χ3n) is 2.58. The average molecular weight is 279 g/mol. The molecule has 8 nitrogen and oxygen atoms in total. The first kappa shape index (κ1) is 11.6. The Bertz CT molecular complexity index is 751. The van der Waals surface area contributed by atoms with Crippen molar-refractivity contribution in [1.82, 2.24) is 30.0 Å². The number of aliphatic carboxylic acids is 1. The summed E-state index contributed by atoms with van der Waals surface area (Å²) < 4.78 is 1.65. The van der Waals surface area contributed by atoms with Gasteiger partial charge in [0.2, 0.25) is 0 Å². The molecule has 0 aliphatic carbocycles. The summed E-state index contributed by atoms with van der Waals surface area (Å²) in [5.74, 6) is -0.651. The molecule has 0 unspecified atom stereocenters. The number of hydrogen-bond acceptors (Lipinski definition) is 5. The van der Waals surface area contributed by atoms with Crippen LogP contribution < -0.4 is 0 Å². The maximum absolute atomic E-state index is 11.0. The van der Waals surface area contributed by atoms with Gasteiger partial charge < -0.3 is 9.51 Å². The number of pyridine rings is 1. The molecule has 0 bridgehead atoms. The average Bonchev–Trinajstić information content (AvgIpc) is 2.96. The van der Waals surface area contributed by atoms with Gasteiger partial charge in [0.05, 0.1) is 12.1 Å². The number of aromatic nitrogens is 6. The molecule has 3 aromatic rings. The second-order valence-corrected chi connectivity index (χ2v) is 4.24. The first-order valence-electron chi connectivity index (χ1n) is 5.27. The number of nitrogens with zero attached hydrogens (tertiary/aromatic N) is 5. The van der Waals surface area contributed by atoms with E-state index in [9.17, 15) is 4.79 Å². The van der Waals surface area contributed by atoms with Gasteiger partial charge in [-0.15, -0.1) is 5.10 Å². The Balaban J connectivity index is 2.27. The van der Waals surface area contributed by atoms with Crippen LogP contribution in [-0.4, -0.2) is 41.1 Å². The zero-order valence-corrected chi connectivity index (χ0v) is 10.2. The van der Waals surface area contributed by atoms with Crippen LogP contribution in [0.4, 0.5) is 0 Å². The standard InChI is InChI=1S/C10H7ClN6O2/c11-5-1-2-17-6(4-8(18)19)9(12-7(17)3-5)10-13-15-16-14-10/h1-3H,4H2,(H,18,19)(H,13,14,15,16). The lowest BCUT2D eigenvalue weighted by atomic mass is 10.2. The number of imidazole rings is 1. The topological polar surface area (TPSA) is 109 Å². The third kappa shape index (κ3) is 2.02. The normalized spacial score (nSPS) is 11.0. The van der Waals surface area contributed by atoms with E-state index in [0.717, 1.165) is 0 Å². The highest BCUT2D eigenvalue weighted by Crippen LogP contribution is 2.23. The highest BCUT2D eigenvalue weighted by Gasteiger charge is 2.19. The number of hydrogen-bond donors (Lipinski definition) is 2. The van der Waals surface area contributed by atoms with Crippen molar-refractivity contribution < 1.29 is 9.90 Å². The maximum atomic E-state index is 11.0. The summed E-state index contributed by atoms with van der Waals surface area (Å²) in [4.78, 5) is 15.3. The third-order valence-corrected chi connectivity index (χ3v) is 2.81. The van der Waals surface area contributed by atoms with Gasteiger partial charge in [0.15, 0.2) is 5.82 Å². The molecule has 3 heterocycles.